The minimum Gasteiger partial charge on any atom is -0.377 e. The Kier molecular flexibility index (Phi) is 3.75. The Labute approximate surface area is 91.6 Å². The smallest absolute Gasteiger partial charge is 0.0700 e. The molecule has 1 aromatic carbocycles. The molecule has 2 nitrogen and oxygen atoms in total. The largest absolute Gasteiger partial charge is 0.377 e. The Morgan fingerprint density at radius 1 is 1.40 bits per heavy atom. The second-order valence-electron chi connectivity index (χ2n) is 4.18. The van der Waals surface area contributed by atoms with Crippen LogP contribution < -0.4 is 5.32 Å². The highest BCUT2D eigenvalue weighted by Crippen LogP contribution is 2.14. The zero-order valence-electron chi connectivity index (χ0n) is 9.28. The van der Waals surface area contributed by atoms with Crippen LogP contribution in [0.1, 0.15) is 31.4 Å². The average molecular weight is 205 g/mol. The molecule has 1 aromatic rings. The van der Waals surface area contributed by atoms with Gasteiger partial charge in [0.2, 0.25) is 0 Å². The highest BCUT2D eigenvalue weighted by atomic mass is 16.5. The summed E-state index contributed by atoms with van der Waals surface area (Å²) in [6.07, 6.45) is 2.84. The summed E-state index contributed by atoms with van der Waals surface area (Å²) < 4.78 is 5.58. The van der Waals surface area contributed by atoms with Crippen LogP contribution in [-0.2, 0) is 4.74 Å². The van der Waals surface area contributed by atoms with Crippen LogP contribution in [0.15, 0.2) is 30.3 Å². The van der Waals surface area contributed by atoms with Crippen LogP contribution in [0.3, 0.4) is 0 Å². The summed E-state index contributed by atoms with van der Waals surface area (Å²) in [4.78, 5) is 0. The van der Waals surface area contributed by atoms with Crippen LogP contribution in [0, 0.1) is 0 Å². The van der Waals surface area contributed by atoms with E-state index < -0.39 is 0 Å². The van der Waals surface area contributed by atoms with Crippen molar-refractivity contribution in [3.63, 3.8) is 0 Å². The topological polar surface area (TPSA) is 21.3 Å². The number of hydrogen-bond donors (Lipinski definition) is 1. The molecule has 15 heavy (non-hydrogen) atoms. The van der Waals surface area contributed by atoms with Gasteiger partial charge >= 0.3 is 0 Å². The van der Waals surface area contributed by atoms with Crippen molar-refractivity contribution in [1.29, 1.82) is 0 Å². The lowest BCUT2D eigenvalue weighted by molar-refractivity contribution is 0.108. The Morgan fingerprint density at radius 3 is 2.87 bits per heavy atom. The molecular weight excluding hydrogens is 186 g/mol. The molecular formula is C13H19NO. The van der Waals surface area contributed by atoms with E-state index in [1.807, 2.05) is 0 Å². The van der Waals surface area contributed by atoms with E-state index in [4.69, 9.17) is 4.74 Å². The van der Waals surface area contributed by atoms with Crippen molar-refractivity contribution in [3.05, 3.63) is 35.9 Å². The standard InChI is InChI=1S/C13H19NO/c1-11(12-6-3-2-4-7-12)14-10-13-8-5-9-15-13/h2-4,6-7,11,13-14H,5,8-10H2,1H3/t11-,13?/m0/s1. The summed E-state index contributed by atoms with van der Waals surface area (Å²) in [6.45, 7) is 4.10. The highest BCUT2D eigenvalue weighted by molar-refractivity contribution is 5.17. The molecule has 2 atom stereocenters. The van der Waals surface area contributed by atoms with Gasteiger partial charge in [0.25, 0.3) is 0 Å². The van der Waals surface area contributed by atoms with Crippen molar-refractivity contribution in [1.82, 2.24) is 5.32 Å². The number of ether oxygens (including phenoxy) is 1. The van der Waals surface area contributed by atoms with Crippen molar-refractivity contribution in [3.8, 4) is 0 Å². The molecule has 2 heteroatoms. The van der Waals surface area contributed by atoms with Crippen molar-refractivity contribution < 1.29 is 4.74 Å². The first-order valence-electron chi connectivity index (χ1n) is 5.76. The van der Waals surface area contributed by atoms with Gasteiger partial charge in [-0.05, 0) is 25.3 Å². The lowest BCUT2D eigenvalue weighted by atomic mass is 10.1. The van der Waals surface area contributed by atoms with Crippen molar-refractivity contribution in [2.45, 2.75) is 31.9 Å². The van der Waals surface area contributed by atoms with Gasteiger partial charge in [0.1, 0.15) is 0 Å². The third kappa shape index (κ3) is 3.05. The van der Waals surface area contributed by atoms with Crippen LogP contribution in [0.5, 0.6) is 0 Å². The van der Waals surface area contributed by atoms with Crippen LogP contribution in [0.25, 0.3) is 0 Å². The van der Waals surface area contributed by atoms with Gasteiger partial charge in [-0.25, -0.2) is 0 Å². The summed E-state index contributed by atoms with van der Waals surface area (Å²) in [5, 5.41) is 3.52. The van der Waals surface area contributed by atoms with Gasteiger partial charge in [-0.2, -0.15) is 0 Å². The zero-order valence-corrected chi connectivity index (χ0v) is 9.28. The van der Waals surface area contributed by atoms with E-state index in [0.717, 1.165) is 13.2 Å². The molecule has 1 unspecified atom stereocenters. The number of nitrogens with one attached hydrogen (secondary N) is 1. The van der Waals surface area contributed by atoms with Crippen molar-refractivity contribution in [2.24, 2.45) is 0 Å². The van der Waals surface area contributed by atoms with Crippen LogP contribution in [-0.4, -0.2) is 19.3 Å². The van der Waals surface area contributed by atoms with Gasteiger partial charge in [0.05, 0.1) is 6.10 Å². The fourth-order valence-corrected chi connectivity index (χ4v) is 1.97. The van der Waals surface area contributed by atoms with E-state index in [1.54, 1.807) is 0 Å². The Morgan fingerprint density at radius 2 is 2.20 bits per heavy atom. The van der Waals surface area contributed by atoms with Crippen LogP contribution in [0.2, 0.25) is 0 Å². The van der Waals surface area contributed by atoms with Gasteiger partial charge < -0.3 is 10.1 Å². The fraction of sp³-hybridized carbons (Fsp3) is 0.538. The van der Waals surface area contributed by atoms with Gasteiger partial charge in [0, 0.05) is 19.2 Å². The SMILES string of the molecule is C[C@H](NCC1CCCO1)c1ccccc1. The number of hydrogen-bond acceptors (Lipinski definition) is 2. The molecule has 0 aromatic heterocycles. The maximum Gasteiger partial charge on any atom is 0.0700 e. The minimum absolute atomic E-state index is 0.412. The maximum absolute atomic E-state index is 5.58. The summed E-state index contributed by atoms with van der Waals surface area (Å²) in [6, 6.07) is 10.9. The molecule has 1 saturated heterocycles. The van der Waals surface area contributed by atoms with E-state index in [0.29, 0.717) is 12.1 Å². The lowest BCUT2D eigenvalue weighted by Gasteiger charge is -2.17. The van der Waals surface area contributed by atoms with E-state index >= 15 is 0 Å². The first-order valence-corrected chi connectivity index (χ1v) is 5.76. The van der Waals surface area contributed by atoms with E-state index in [-0.39, 0.29) is 0 Å². The predicted molar refractivity (Wildman–Crippen MR) is 61.8 cm³/mol. The van der Waals surface area contributed by atoms with E-state index in [9.17, 15) is 0 Å². The highest BCUT2D eigenvalue weighted by Gasteiger charge is 2.16. The van der Waals surface area contributed by atoms with Crippen molar-refractivity contribution in [2.75, 3.05) is 13.2 Å². The molecule has 1 N–H and O–H groups in total. The summed E-state index contributed by atoms with van der Waals surface area (Å²) in [5.41, 5.74) is 1.34. The molecule has 1 aliphatic rings. The zero-order chi connectivity index (χ0) is 10.5. The Hall–Kier alpha value is -0.860. The first-order chi connectivity index (χ1) is 7.36. The van der Waals surface area contributed by atoms with Gasteiger partial charge in [-0.15, -0.1) is 0 Å². The molecule has 1 heterocycles. The molecule has 82 valence electrons. The normalized spacial score (nSPS) is 22.9. The molecule has 0 radical (unpaired) electrons. The molecule has 0 amide bonds. The number of benzene rings is 1. The minimum atomic E-state index is 0.412. The van der Waals surface area contributed by atoms with Crippen LogP contribution >= 0.6 is 0 Å². The molecule has 0 bridgehead atoms. The summed E-state index contributed by atoms with van der Waals surface area (Å²) >= 11 is 0. The predicted octanol–water partition coefficient (Wildman–Crippen LogP) is 2.52. The third-order valence-electron chi connectivity index (χ3n) is 2.98. The maximum atomic E-state index is 5.58. The Balaban J connectivity index is 1.79. The van der Waals surface area contributed by atoms with E-state index in [1.165, 1.54) is 18.4 Å². The number of rotatable bonds is 4. The quantitative estimate of drug-likeness (QED) is 0.815. The fourth-order valence-electron chi connectivity index (χ4n) is 1.97. The second kappa shape index (κ2) is 5.29. The summed E-state index contributed by atoms with van der Waals surface area (Å²) in [7, 11) is 0. The second-order valence-corrected chi connectivity index (χ2v) is 4.18. The first kappa shape index (κ1) is 10.7. The molecule has 1 fully saturated rings. The summed E-state index contributed by atoms with van der Waals surface area (Å²) in [5.74, 6) is 0. The van der Waals surface area contributed by atoms with E-state index in [2.05, 4.69) is 42.6 Å². The third-order valence-corrected chi connectivity index (χ3v) is 2.98. The lowest BCUT2D eigenvalue weighted by Crippen LogP contribution is -2.28. The van der Waals surface area contributed by atoms with Crippen molar-refractivity contribution >= 4 is 0 Å². The molecule has 0 aliphatic carbocycles. The monoisotopic (exact) mass is 205 g/mol. The van der Waals surface area contributed by atoms with Gasteiger partial charge in [-0.3, -0.25) is 0 Å². The molecule has 2 rings (SSSR count). The molecule has 0 saturated carbocycles. The average Bonchev–Trinajstić information content (AvgIpc) is 2.80. The molecule has 1 aliphatic heterocycles. The van der Waals surface area contributed by atoms with Gasteiger partial charge in [0.15, 0.2) is 0 Å². The Bertz CT molecular complexity index is 280. The molecule has 0 spiro atoms. The van der Waals surface area contributed by atoms with Gasteiger partial charge in [-0.1, -0.05) is 30.3 Å². The van der Waals surface area contributed by atoms with Crippen LogP contribution in [0.4, 0.5) is 0 Å².